The zero-order valence-corrected chi connectivity index (χ0v) is 13.3. The van der Waals surface area contributed by atoms with Crippen LogP contribution in [0.5, 0.6) is 0 Å². The lowest BCUT2D eigenvalue weighted by atomic mass is 10.3. The normalized spacial score (nSPS) is 12.4. The molecule has 2 rings (SSSR count). The van der Waals surface area contributed by atoms with E-state index in [1.807, 2.05) is 27.8 Å². The highest BCUT2D eigenvalue weighted by Crippen LogP contribution is 2.28. The van der Waals surface area contributed by atoms with Crippen LogP contribution in [0.4, 0.5) is 10.8 Å². The van der Waals surface area contributed by atoms with Gasteiger partial charge in [0.15, 0.2) is 4.34 Å². The largest absolute Gasteiger partial charge is 0.374 e. The Hall–Kier alpha value is -1.61. The third-order valence-corrected chi connectivity index (χ3v) is 4.76. The molecule has 2 aromatic rings. The Balaban J connectivity index is 2.04. The first-order valence-corrected chi connectivity index (χ1v) is 7.64. The summed E-state index contributed by atoms with van der Waals surface area (Å²) in [6.45, 7) is 5.60. The molecule has 9 heteroatoms. The minimum atomic E-state index is -0.290. The van der Waals surface area contributed by atoms with E-state index in [1.54, 1.807) is 4.68 Å². The van der Waals surface area contributed by atoms with Crippen molar-refractivity contribution < 1.29 is 4.79 Å². The molecule has 7 nitrogen and oxygen atoms in total. The molecule has 0 bridgehead atoms. The van der Waals surface area contributed by atoms with Gasteiger partial charge in [-0.05, 0) is 20.8 Å². The van der Waals surface area contributed by atoms with Crippen molar-refractivity contribution >= 4 is 39.8 Å². The van der Waals surface area contributed by atoms with Crippen LogP contribution < -0.4 is 11.1 Å². The summed E-state index contributed by atoms with van der Waals surface area (Å²) in [5, 5.41) is 14.9. The van der Waals surface area contributed by atoms with E-state index in [9.17, 15) is 4.79 Å². The Morgan fingerprint density at radius 2 is 2.15 bits per heavy atom. The predicted molar refractivity (Wildman–Crippen MR) is 81.0 cm³/mol. The molecule has 0 aliphatic heterocycles. The lowest BCUT2D eigenvalue weighted by molar-refractivity contribution is -0.115. The van der Waals surface area contributed by atoms with Gasteiger partial charge in [-0.15, -0.1) is 10.2 Å². The molecular formula is C11H16N6OS2. The van der Waals surface area contributed by atoms with Crippen LogP contribution in [0.15, 0.2) is 4.34 Å². The fourth-order valence-electron chi connectivity index (χ4n) is 1.65. The number of nitrogens with two attached hydrogens (primary N) is 1. The summed E-state index contributed by atoms with van der Waals surface area (Å²) in [7, 11) is 1.85. The van der Waals surface area contributed by atoms with Gasteiger partial charge >= 0.3 is 0 Å². The van der Waals surface area contributed by atoms with Gasteiger partial charge in [0.25, 0.3) is 0 Å². The van der Waals surface area contributed by atoms with E-state index >= 15 is 0 Å². The summed E-state index contributed by atoms with van der Waals surface area (Å²) in [4.78, 5) is 12.2. The van der Waals surface area contributed by atoms with Crippen molar-refractivity contribution in [2.45, 2.75) is 30.4 Å². The predicted octanol–water partition coefficient (Wildman–Crippen LogP) is 1.59. The molecule has 0 saturated carbocycles. The summed E-state index contributed by atoms with van der Waals surface area (Å²) in [5.74, 6) is -0.0945. The van der Waals surface area contributed by atoms with Crippen molar-refractivity contribution in [1.29, 1.82) is 0 Å². The Labute approximate surface area is 125 Å². The van der Waals surface area contributed by atoms with E-state index < -0.39 is 0 Å². The summed E-state index contributed by atoms with van der Waals surface area (Å²) in [6, 6.07) is 0. The highest BCUT2D eigenvalue weighted by molar-refractivity contribution is 8.02. The van der Waals surface area contributed by atoms with Crippen LogP contribution in [0, 0.1) is 13.8 Å². The quantitative estimate of drug-likeness (QED) is 0.832. The van der Waals surface area contributed by atoms with Crippen LogP contribution in [0.1, 0.15) is 18.3 Å². The number of nitrogen functional groups attached to an aromatic ring is 1. The van der Waals surface area contributed by atoms with Gasteiger partial charge in [-0.3, -0.25) is 9.48 Å². The van der Waals surface area contributed by atoms with Gasteiger partial charge in [-0.1, -0.05) is 23.1 Å². The van der Waals surface area contributed by atoms with Crippen LogP contribution in [0.2, 0.25) is 0 Å². The molecule has 1 atom stereocenters. The molecule has 2 heterocycles. The highest BCUT2D eigenvalue weighted by Gasteiger charge is 2.19. The SMILES string of the molecule is Cc1nn(C)c(C)c1NC(=O)[C@@H](C)Sc1nnc(N)s1. The van der Waals surface area contributed by atoms with E-state index in [0.717, 1.165) is 17.1 Å². The van der Waals surface area contributed by atoms with Crippen LogP contribution in [-0.2, 0) is 11.8 Å². The molecule has 0 spiro atoms. The number of anilines is 2. The number of hydrogen-bond acceptors (Lipinski definition) is 7. The maximum absolute atomic E-state index is 12.2. The molecule has 1 amide bonds. The van der Waals surface area contributed by atoms with Crippen LogP contribution in [0.3, 0.4) is 0 Å². The van der Waals surface area contributed by atoms with Crippen LogP contribution >= 0.6 is 23.1 Å². The molecule has 0 saturated heterocycles. The molecule has 0 unspecified atom stereocenters. The highest BCUT2D eigenvalue weighted by atomic mass is 32.2. The Kier molecular flexibility index (Phi) is 4.29. The number of rotatable bonds is 4. The molecule has 0 aromatic carbocycles. The third-order valence-electron chi connectivity index (χ3n) is 2.83. The first-order valence-electron chi connectivity index (χ1n) is 5.95. The topological polar surface area (TPSA) is 98.7 Å². The summed E-state index contributed by atoms with van der Waals surface area (Å²) < 4.78 is 2.43. The zero-order chi connectivity index (χ0) is 14.9. The number of hydrogen-bond donors (Lipinski definition) is 2. The first-order chi connectivity index (χ1) is 9.38. The standard InChI is InChI=1S/C11H16N6OS2/c1-5-8(6(2)17(4)16-5)13-9(18)7(3)19-11-15-14-10(12)20-11/h7H,1-4H3,(H2,12,14)(H,13,18)/t7-/m1/s1. The maximum atomic E-state index is 12.2. The van der Waals surface area contributed by atoms with Crippen molar-refractivity contribution in [3.8, 4) is 0 Å². The molecule has 0 fully saturated rings. The second-order valence-electron chi connectivity index (χ2n) is 4.32. The van der Waals surface area contributed by atoms with Crippen molar-refractivity contribution in [2.75, 3.05) is 11.1 Å². The van der Waals surface area contributed by atoms with Gasteiger partial charge in [-0.25, -0.2) is 0 Å². The van der Waals surface area contributed by atoms with Gasteiger partial charge in [-0.2, -0.15) is 5.10 Å². The second kappa shape index (κ2) is 5.80. The van der Waals surface area contributed by atoms with Crippen LogP contribution in [0.25, 0.3) is 0 Å². The molecular weight excluding hydrogens is 296 g/mol. The molecule has 2 aromatic heterocycles. The monoisotopic (exact) mass is 312 g/mol. The average Bonchev–Trinajstić information content (AvgIpc) is 2.88. The van der Waals surface area contributed by atoms with E-state index in [1.165, 1.54) is 23.1 Å². The summed E-state index contributed by atoms with van der Waals surface area (Å²) in [5.41, 5.74) is 8.01. The van der Waals surface area contributed by atoms with E-state index in [2.05, 4.69) is 20.6 Å². The molecule has 20 heavy (non-hydrogen) atoms. The number of nitrogens with zero attached hydrogens (tertiary/aromatic N) is 4. The first kappa shape index (κ1) is 14.8. The number of amides is 1. The van der Waals surface area contributed by atoms with Gasteiger partial charge in [0.05, 0.1) is 22.3 Å². The average molecular weight is 312 g/mol. The van der Waals surface area contributed by atoms with Crippen molar-refractivity contribution in [1.82, 2.24) is 20.0 Å². The van der Waals surface area contributed by atoms with Gasteiger partial charge in [0.2, 0.25) is 11.0 Å². The number of aryl methyl sites for hydroxylation is 2. The number of nitrogens with one attached hydrogen (secondary N) is 1. The third kappa shape index (κ3) is 3.10. The van der Waals surface area contributed by atoms with Crippen LogP contribution in [-0.4, -0.2) is 31.1 Å². The smallest absolute Gasteiger partial charge is 0.237 e. The maximum Gasteiger partial charge on any atom is 0.237 e. The Bertz CT molecular complexity index is 635. The second-order valence-corrected chi connectivity index (χ2v) is 6.92. The van der Waals surface area contributed by atoms with Crippen molar-refractivity contribution in [3.05, 3.63) is 11.4 Å². The molecule has 108 valence electrons. The van der Waals surface area contributed by atoms with Gasteiger partial charge < -0.3 is 11.1 Å². The van der Waals surface area contributed by atoms with Gasteiger partial charge in [0, 0.05) is 7.05 Å². The summed E-state index contributed by atoms with van der Waals surface area (Å²) >= 11 is 2.61. The molecule has 3 N–H and O–H groups in total. The Morgan fingerprint density at radius 1 is 1.45 bits per heavy atom. The van der Waals surface area contributed by atoms with Crippen molar-refractivity contribution in [3.63, 3.8) is 0 Å². The van der Waals surface area contributed by atoms with Crippen molar-refractivity contribution in [2.24, 2.45) is 7.05 Å². The minimum absolute atomic E-state index is 0.0945. The number of carbonyl (C=O) groups excluding carboxylic acids is 1. The molecule has 0 radical (unpaired) electrons. The molecule has 0 aliphatic carbocycles. The van der Waals surface area contributed by atoms with Gasteiger partial charge in [0.1, 0.15) is 0 Å². The van der Waals surface area contributed by atoms with E-state index in [-0.39, 0.29) is 11.2 Å². The Morgan fingerprint density at radius 3 is 2.65 bits per heavy atom. The number of aromatic nitrogens is 4. The fourth-order valence-corrected chi connectivity index (χ4v) is 3.43. The number of thioether (sulfide) groups is 1. The zero-order valence-electron chi connectivity index (χ0n) is 11.7. The van der Waals surface area contributed by atoms with E-state index in [4.69, 9.17) is 5.73 Å². The molecule has 0 aliphatic rings. The minimum Gasteiger partial charge on any atom is -0.374 e. The summed E-state index contributed by atoms with van der Waals surface area (Å²) in [6.07, 6.45) is 0. The number of carbonyl (C=O) groups is 1. The van der Waals surface area contributed by atoms with E-state index in [0.29, 0.717) is 9.47 Å². The lowest BCUT2D eigenvalue weighted by Crippen LogP contribution is -2.23. The fraction of sp³-hybridized carbons (Fsp3) is 0.455. The lowest BCUT2D eigenvalue weighted by Gasteiger charge is -2.10.